The Morgan fingerprint density at radius 2 is 1.84 bits per heavy atom. The number of thiophene rings is 1. The first-order valence-electron chi connectivity index (χ1n) is 11.5. The van der Waals surface area contributed by atoms with Crippen LogP contribution in [0, 0.1) is 12.7 Å². The van der Waals surface area contributed by atoms with Crippen molar-refractivity contribution in [3.05, 3.63) is 99.8 Å². The molecule has 0 spiro atoms. The van der Waals surface area contributed by atoms with Crippen LogP contribution in [0.4, 0.5) is 4.39 Å². The third kappa shape index (κ3) is 4.87. The number of nitrogens with zero attached hydrogens (tertiary/aromatic N) is 2. The molecule has 1 aliphatic rings. The highest BCUT2D eigenvalue weighted by molar-refractivity contribution is 7.18. The van der Waals surface area contributed by atoms with Crippen molar-refractivity contribution in [2.45, 2.75) is 46.8 Å². The molecule has 0 fully saturated rings. The molecule has 4 aromatic rings. The number of halogens is 1. The molecule has 0 radical (unpaired) electrons. The van der Waals surface area contributed by atoms with E-state index in [4.69, 9.17) is 0 Å². The van der Waals surface area contributed by atoms with Gasteiger partial charge in [0.25, 0.3) is 0 Å². The van der Waals surface area contributed by atoms with Crippen molar-refractivity contribution in [1.82, 2.24) is 9.47 Å². The van der Waals surface area contributed by atoms with Crippen LogP contribution in [-0.4, -0.2) is 16.0 Å². The van der Waals surface area contributed by atoms with E-state index >= 15 is 0 Å². The second kappa shape index (κ2) is 10.3. The van der Waals surface area contributed by atoms with Crippen molar-refractivity contribution in [3.63, 3.8) is 0 Å². The molecular formula is C28H31FN2S. The lowest BCUT2D eigenvalue weighted by Gasteiger charge is -2.28. The normalized spacial score (nSPS) is 13.9. The lowest BCUT2D eigenvalue weighted by Crippen LogP contribution is -2.30. The van der Waals surface area contributed by atoms with E-state index in [9.17, 15) is 4.39 Å². The summed E-state index contributed by atoms with van der Waals surface area (Å²) in [5.41, 5.74) is 5.19. The summed E-state index contributed by atoms with van der Waals surface area (Å²) in [6.45, 7) is 9.80. The molecule has 4 heteroatoms. The molecule has 5 rings (SSSR count). The van der Waals surface area contributed by atoms with Crippen molar-refractivity contribution < 1.29 is 4.39 Å². The summed E-state index contributed by atoms with van der Waals surface area (Å²) in [5, 5.41) is 1.39. The van der Waals surface area contributed by atoms with Gasteiger partial charge in [0, 0.05) is 48.6 Å². The Kier molecular flexibility index (Phi) is 7.23. The Morgan fingerprint density at radius 1 is 1.03 bits per heavy atom. The molecule has 0 amide bonds. The first-order chi connectivity index (χ1) is 15.7. The van der Waals surface area contributed by atoms with Crippen molar-refractivity contribution in [1.29, 1.82) is 0 Å². The van der Waals surface area contributed by atoms with Crippen LogP contribution in [0.15, 0.2) is 66.7 Å². The quantitative estimate of drug-likeness (QED) is 0.309. The fourth-order valence-electron chi connectivity index (χ4n) is 4.47. The van der Waals surface area contributed by atoms with Gasteiger partial charge in [-0.05, 0) is 41.8 Å². The molecule has 0 saturated heterocycles. The Hall–Kier alpha value is -2.69. The Bertz CT molecular complexity index is 1200. The molecule has 2 nitrogen and oxygen atoms in total. The van der Waals surface area contributed by atoms with Gasteiger partial charge in [0.05, 0.1) is 0 Å². The SMILES string of the molecule is CC.Cc1cc2c3c(n(C/C=C/c4ccccc4)c2s1)CCN(Cc1cccc(F)c1)C3. The highest BCUT2D eigenvalue weighted by atomic mass is 32.1. The van der Waals surface area contributed by atoms with Gasteiger partial charge < -0.3 is 4.57 Å². The van der Waals surface area contributed by atoms with Gasteiger partial charge in [0.15, 0.2) is 0 Å². The number of aromatic nitrogens is 1. The van der Waals surface area contributed by atoms with Crippen LogP contribution in [0.5, 0.6) is 0 Å². The number of aryl methyl sites for hydroxylation is 1. The highest BCUT2D eigenvalue weighted by Crippen LogP contribution is 2.36. The van der Waals surface area contributed by atoms with Crippen LogP contribution in [0.2, 0.25) is 0 Å². The second-order valence-electron chi connectivity index (χ2n) is 8.02. The molecule has 0 unspecified atom stereocenters. The number of benzene rings is 2. The topological polar surface area (TPSA) is 8.17 Å². The van der Waals surface area contributed by atoms with Gasteiger partial charge in [-0.3, -0.25) is 4.90 Å². The zero-order chi connectivity index (χ0) is 22.5. The van der Waals surface area contributed by atoms with E-state index in [1.54, 1.807) is 12.1 Å². The summed E-state index contributed by atoms with van der Waals surface area (Å²) in [4.78, 5) is 5.17. The van der Waals surface area contributed by atoms with E-state index in [-0.39, 0.29) is 5.82 Å². The molecule has 0 aliphatic carbocycles. The standard InChI is InChI=1S/C26H25FN2S.C2H6/c1-19-15-23-24-18-28(17-21-9-5-11-22(27)16-21)14-12-25(24)29(26(23)30-19)13-6-10-20-7-3-2-4-8-20;1-2/h2-11,15-16H,12-14,17-18H2,1H3;1-2H3/b10-6+;. The van der Waals surface area contributed by atoms with E-state index in [2.05, 4.69) is 58.9 Å². The third-order valence-corrected chi connectivity index (χ3v) is 6.89. The Morgan fingerprint density at radius 3 is 2.62 bits per heavy atom. The van der Waals surface area contributed by atoms with Gasteiger partial charge in [-0.25, -0.2) is 4.39 Å². The number of hydrogen-bond donors (Lipinski definition) is 0. The Balaban J connectivity index is 0.00000119. The molecule has 32 heavy (non-hydrogen) atoms. The van der Waals surface area contributed by atoms with Gasteiger partial charge in [-0.1, -0.05) is 68.5 Å². The van der Waals surface area contributed by atoms with Crippen molar-refractivity contribution in [3.8, 4) is 0 Å². The summed E-state index contributed by atoms with van der Waals surface area (Å²) in [7, 11) is 0. The molecule has 2 aromatic heterocycles. The monoisotopic (exact) mass is 446 g/mol. The van der Waals surface area contributed by atoms with Crippen LogP contribution >= 0.6 is 11.3 Å². The van der Waals surface area contributed by atoms with Gasteiger partial charge >= 0.3 is 0 Å². The molecule has 0 saturated carbocycles. The number of rotatable bonds is 5. The van der Waals surface area contributed by atoms with Crippen LogP contribution in [0.1, 0.15) is 41.1 Å². The van der Waals surface area contributed by atoms with E-state index < -0.39 is 0 Å². The fraction of sp³-hybridized carbons (Fsp3) is 0.286. The van der Waals surface area contributed by atoms with Gasteiger partial charge in [-0.2, -0.15) is 0 Å². The third-order valence-electron chi connectivity index (χ3n) is 5.82. The van der Waals surface area contributed by atoms with Crippen LogP contribution < -0.4 is 0 Å². The molecule has 0 atom stereocenters. The molecule has 166 valence electrons. The molecule has 0 N–H and O–H groups in total. The van der Waals surface area contributed by atoms with E-state index in [1.807, 2.05) is 37.3 Å². The summed E-state index contributed by atoms with van der Waals surface area (Å²) in [5.74, 6) is -0.155. The first kappa shape index (κ1) is 22.5. The molecule has 2 aromatic carbocycles. The van der Waals surface area contributed by atoms with Gasteiger partial charge in [0.2, 0.25) is 0 Å². The molecule has 3 heterocycles. The highest BCUT2D eigenvalue weighted by Gasteiger charge is 2.25. The zero-order valence-electron chi connectivity index (χ0n) is 19.1. The number of hydrogen-bond acceptors (Lipinski definition) is 2. The van der Waals surface area contributed by atoms with E-state index in [0.717, 1.165) is 38.2 Å². The average Bonchev–Trinajstić information content (AvgIpc) is 3.32. The van der Waals surface area contributed by atoms with Gasteiger partial charge in [0.1, 0.15) is 10.6 Å². The minimum absolute atomic E-state index is 0.155. The fourth-order valence-corrected chi connectivity index (χ4v) is 5.54. The number of fused-ring (bicyclic) bond motifs is 3. The Labute approximate surface area is 194 Å². The predicted octanol–water partition coefficient (Wildman–Crippen LogP) is 7.45. The van der Waals surface area contributed by atoms with Crippen LogP contribution in [-0.2, 0) is 26.1 Å². The summed E-state index contributed by atoms with van der Waals surface area (Å²) in [6, 6.07) is 19.8. The first-order valence-corrected chi connectivity index (χ1v) is 12.3. The summed E-state index contributed by atoms with van der Waals surface area (Å²) >= 11 is 1.89. The lowest BCUT2D eigenvalue weighted by molar-refractivity contribution is 0.243. The average molecular weight is 447 g/mol. The maximum atomic E-state index is 13.6. The summed E-state index contributed by atoms with van der Waals surface area (Å²) in [6.07, 6.45) is 5.51. The molecule has 1 aliphatic heterocycles. The van der Waals surface area contributed by atoms with Crippen molar-refractivity contribution >= 4 is 27.6 Å². The van der Waals surface area contributed by atoms with Gasteiger partial charge in [-0.15, -0.1) is 11.3 Å². The predicted molar refractivity (Wildman–Crippen MR) is 136 cm³/mol. The summed E-state index contributed by atoms with van der Waals surface area (Å²) < 4.78 is 16.1. The van der Waals surface area contributed by atoms with E-state index in [0.29, 0.717) is 0 Å². The maximum Gasteiger partial charge on any atom is 0.123 e. The maximum absolute atomic E-state index is 13.6. The minimum atomic E-state index is -0.155. The van der Waals surface area contributed by atoms with E-state index in [1.165, 1.54) is 38.0 Å². The molecular weight excluding hydrogens is 415 g/mol. The second-order valence-corrected chi connectivity index (χ2v) is 9.25. The molecule has 0 bridgehead atoms. The smallest absolute Gasteiger partial charge is 0.123 e. The largest absolute Gasteiger partial charge is 0.332 e. The minimum Gasteiger partial charge on any atom is -0.332 e. The van der Waals surface area contributed by atoms with Crippen molar-refractivity contribution in [2.24, 2.45) is 0 Å². The zero-order valence-corrected chi connectivity index (χ0v) is 20.0. The van der Waals surface area contributed by atoms with Crippen LogP contribution in [0.25, 0.3) is 16.3 Å². The lowest BCUT2D eigenvalue weighted by atomic mass is 10.0. The van der Waals surface area contributed by atoms with Crippen molar-refractivity contribution in [2.75, 3.05) is 6.54 Å². The van der Waals surface area contributed by atoms with Crippen LogP contribution in [0.3, 0.4) is 0 Å². The number of allylic oxidation sites excluding steroid dienone is 1.